The van der Waals surface area contributed by atoms with Crippen molar-refractivity contribution in [1.82, 2.24) is 9.55 Å². The molecule has 51 heavy (non-hydrogen) atoms. The molecule has 1 aromatic heterocycles. The lowest BCUT2D eigenvalue weighted by Gasteiger charge is -2.32. The van der Waals surface area contributed by atoms with E-state index in [2.05, 4.69) is 175 Å². The maximum atomic E-state index is 5.10. The molecule has 0 saturated heterocycles. The lowest BCUT2D eigenvalue weighted by Crippen LogP contribution is -2.26. The molecule has 0 saturated carbocycles. The summed E-state index contributed by atoms with van der Waals surface area (Å²) in [6.07, 6.45) is 1.05. The Hall–Kier alpha value is -6.25. The number of rotatable bonds is 4. The van der Waals surface area contributed by atoms with Gasteiger partial charge in [0.1, 0.15) is 5.82 Å². The summed E-state index contributed by atoms with van der Waals surface area (Å²) in [5, 5.41) is 5.18. The van der Waals surface area contributed by atoms with Crippen LogP contribution in [0.2, 0.25) is 0 Å². The van der Waals surface area contributed by atoms with Gasteiger partial charge in [-0.15, -0.1) is 0 Å². The van der Waals surface area contributed by atoms with Crippen molar-refractivity contribution in [2.45, 2.75) is 25.3 Å². The van der Waals surface area contributed by atoms with Crippen LogP contribution in [0.5, 0.6) is 0 Å². The van der Waals surface area contributed by atoms with E-state index in [-0.39, 0.29) is 0 Å². The highest BCUT2D eigenvalue weighted by Gasteiger charge is 2.53. The topological polar surface area (TPSA) is 17.8 Å². The molecule has 0 radical (unpaired) electrons. The summed E-state index contributed by atoms with van der Waals surface area (Å²) in [6, 6.07) is 61.1. The van der Waals surface area contributed by atoms with Crippen molar-refractivity contribution in [3.8, 4) is 44.8 Å². The van der Waals surface area contributed by atoms with Crippen molar-refractivity contribution in [3.63, 3.8) is 0 Å². The first-order chi connectivity index (χ1) is 25.3. The van der Waals surface area contributed by atoms with E-state index in [1.807, 2.05) is 0 Å². The second-order valence-electron chi connectivity index (χ2n) is 14.1. The van der Waals surface area contributed by atoms with Gasteiger partial charge < -0.3 is 4.57 Å². The minimum atomic E-state index is -0.442. The summed E-state index contributed by atoms with van der Waals surface area (Å²) in [5.74, 6) is 1.03. The Labute approximate surface area is 297 Å². The van der Waals surface area contributed by atoms with Crippen molar-refractivity contribution < 1.29 is 0 Å². The average Bonchev–Trinajstić information content (AvgIpc) is 3.82. The van der Waals surface area contributed by atoms with Crippen LogP contribution in [0.25, 0.3) is 77.3 Å². The van der Waals surface area contributed by atoms with Crippen molar-refractivity contribution in [3.05, 3.63) is 186 Å². The van der Waals surface area contributed by atoms with Gasteiger partial charge in [-0.2, -0.15) is 0 Å². The molecule has 2 nitrogen and oxygen atoms in total. The van der Waals surface area contributed by atoms with Gasteiger partial charge in [0.25, 0.3) is 0 Å². The molecule has 2 aliphatic carbocycles. The zero-order valence-electron chi connectivity index (χ0n) is 28.4. The Morgan fingerprint density at radius 2 is 1.14 bits per heavy atom. The molecule has 240 valence electrons. The Morgan fingerprint density at radius 3 is 1.90 bits per heavy atom. The number of aryl methyl sites for hydroxylation is 1. The normalized spacial score (nSPS) is 13.5. The first-order valence-corrected chi connectivity index (χ1v) is 18.1. The summed E-state index contributed by atoms with van der Waals surface area (Å²) in [6.45, 7) is 3.17. The first-order valence-electron chi connectivity index (χ1n) is 18.1. The smallest absolute Gasteiger partial charge is 0.141 e. The molecule has 0 aliphatic heterocycles. The lowest BCUT2D eigenvalue weighted by molar-refractivity contribution is 0.704. The quantitative estimate of drug-likeness (QED) is 0.185. The molecule has 2 aliphatic rings. The van der Waals surface area contributed by atoms with Crippen molar-refractivity contribution in [2.75, 3.05) is 0 Å². The number of fused-ring (bicyclic) bond motifs is 15. The van der Waals surface area contributed by atoms with Gasteiger partial charge in [0.15, 0.2) is 0 Å². The number of hydrogen-bond acceptors (Lipinski definition) is 1. The van der Waals surface area contributed by atoms with Crippen LogP contribution in [0.1, 0.15) is 35.6 Å². The molecule has 0 unspecified atom stereocenters. The predicted molar refractivity (Wildman–Crippen MR) is 212 cm³/mol. The predicted octanol–water partition coefficient (Wildman–Crippen LogP) is 12.4. The molecular weight excluding hydrogens is 617 g/mol. The average molecular weight is 651 g/mol. The van der Waals surface area contributed by atoms with Crippen molar-refractivity contribution in [1.29, 1.82) is 0 Å². The molecule has 1 heterocycles. The van der Waals surface area contributed by atoms with Crippen LogP contribution in [-0.2, 0) is 12.0 Å². The number of nitrogens with zero attached hydrogens (tertiary/aromatic N) is 2. The highest BCUT2D eigenvalue weighted by molar-refractivity contribution is 6.14. The molecular formula is C49H34N2. The Balaban J connectivity index is 1.21. The summed E-state index contributed by atoms with van der Waals surface area (Å²) < 4.78 is 2.37. The third kappa shape index (κ3) is 3.74. The highest BCUT2D eigenvalue weighted by Crippen LogP contribution is 2.65. The summed E-state index contributed by atoms with van der Waals surface area (Å²) in [5.41, 5.74) is 16.3. The largest absolute Gasteiger partial charge is 0.324 e. The minimum Gasteiger partial charge on any atom is -0.324 e. The molecule has 0 amide bonds. The third-order valence-electron chi connectivity index (χ3n) is 11.5. The summed E-state index contributed by atoms with van der Waals surface area (Å²) in [4.78, 5) is 5.10. The Morgan fingerprint density at radius 1 is 0.510 bits per heavy atom. The van der Waals surface area contributed by atoms with Crippen LogP contribution < -0.4 is 0 Å². The van der Waals surface area contributed by atoms with Gasteiger partial charge >= 0.3 is 0 Å². The number of aromatic nitrogens is 2. The van der Waals surface area contributed by atoms with E-state index in [9.17, 15) is 0 Å². The van der Waals surface area contributed by atoms with Crippen molar-refractivity contribution >= 4 is 32.6 Å². The molecule has 0 fully saturated rings. The summed E-state index contributed by atoms with van der Waals surface area (Å²) >= 11 is 0. The van der Waals surface area contributed by atoms with E-state index in [0.717, 1.165) is 29.9 Å². The van der Waals surface area contributed by atoms with Gasteiger partial charge in [0, 0.05) is 12.1 Å². The van der Waals surface area contributed by atoms with Crippen LogP contribution in [-0.4, -0.2) is 9.55 Å². The second-order valence-corrected chi connectivity index (χ2v) is 14.1. The van der Waals surface area contributed by atoms with E-state index < -0.39 is 5.41 Å². The maximum absolute atomic E-state index is 5.10. The van der Waals surface area contributed by atoms with Gasteiger partial charge in [-0.3, -0.25) is 0 Å². The number of para-hydroxylation sites is 2. The molecule has 0 N–H and O–H groups in total. The summed E-state index contributed by atoms with van der Waals surface area (Å²) in [7, 11) is 0. The van der Waals surface area contributed by atoms with E-state index in [0.29, 0.717) is 0 Å². The van der Waals surface area contributed by atoms with Gasteiger partial charge in [-0.05, 0) is 102 Å². The third-order valence-corrected chi connectivity index (χ3v) is 11.5. The molecule has 1 spiro atoms. The van der Waals surface area contributed by atoms with Crippen molar-refractivity contribution in [2.24, 2.45) is 0 Å². The molecule has 0 atom stereocenters. The molecule has 11 rings (SSSR count). The fraction of sp³-hybridized carbons (Fsp3) is 0.0816. The van der Waals surface area contributed by atoms with Gasteiger partial charge in [-0.1, -0.05) is 153 Å². The van der Waals surface area contributed by atoms with E-state index in [1.165, 1.54) is 82.7 Å². The second kappa shape index (κ2) is 10.6. The monoisotopic (exact) mass is 650 g/mol. The number of imidazole rings is 1. The van der Waals surface area contributed by atoms with Crippen LogP contribution in [0.15, 0.2) is 164 Å². The number of benzene rings is 8. The Bertz CT molecular complexity index is 2830. The Kier molecular flexibility index (Phi) is 5.95. The SMILES string of the molecule is CCCn1c(-c2ccc(-c3cc4c(c5ccccc35)-c3ccc5ccccc5c3C43c4ccccc4-c4ccccc43)cc2)nc2ccccc21. The van der Waals surface area contributed by atoms with E-state index in [1.54, 1.807) is 0 Å². The molecule has 0 bridgehead atoms. The minimum absolute atomic E-state index is 0.442. The van der Waals surface area contributed by atoms with Gasteiger partial charge in [-0.25, -0.2) is 4.98 Å². The van der Waals surface area contributed by atoms with Crippen LogP contribution in [0.4, 0.5) is 0 Å². The molecule has 8 aromatic carbocycles. The zero-order valence-corrected chi connectivity index (χ0v) is 28.4. The zero-order chi connectivity index (χ0) is 33.7. The van der Waals surface area contributed by atoms with Gasteiger partial charge in [0.2, 0.25) is 0 Å². The van der Waals surface area contributed by atoms with E-state index >= 15 is 0 Å². The van der Waals surface area contributed by atoms with E-state index in [4.69, 9.17) is 4.98 Å². The first kappa shape index (κ1) is 28.6. The fourth-order valence-corrected chi connectivity index (χ4v) is 9.56. The van der Waals surface area contributed by atoms with Crippen LogP contribution >= 0.6 is 0 Å². The highest BCUT2D eigenvalue weighted by atomic mass is 15.1. The number of hydrogen-bond donors (Lipinski definition) is 0. The molecule has 2 heteroatoms. The van der Waals surface area contributed by atoms with Crippen LogP contribution in [0.3, 0.4) is 0 Å². The fourth-order valence-electron chi connectivity index (χ4n) is 9.56. The lowest BCUT2D eigenvalue weighted by atomic mass is 9.69. The van der Waals surface area contributed by atoms with Crippen LogP contribution in [0, 0.1) is 0 Å². The standard InChI is InChI=1S/C49H34N2/c1-2-29-51-45-22-12-11-21-44(45)50-48(51)33-25-23-32(24-26-33)40-30-43-46(38-18-6-5-15-35(38)40)39-28-27-31-13-3-4-14-34(31)47(39)49(43)41-19-9-7-16-36(41)37-17-8-10-20-42(37)49/h3-28,30H,2,29H2,1H3. The molecule has 9 aromatic rings. The van der Waals surface area contributed by atoms with Gasteiger partial charge in [0.05, 0.1) is 16.4 Å². The maximum Gasteiger partial charge on any atom is 0.141 e.